The predicted octanol–water partition coefficient (Wildman–Crippen LogP) is -0.467. The Hall–Kier alpha value is -0.585. The van der Waals surface area contributed by atoms with Crippen LogP contribution in [0, 0.1) is 29.1 Å². The maximum atomic E-state index is 11.4. The molecule has 5 N–H and O–H groups in total. The van der Waals surface area contributed by atoms with Crippen molar-refractivity contribution < 1.29 is 19.9 Å². The molecule has 4 fully saturated rings. The first kappa shape index (κ1) is 11.5. The summed E-state index contributed by atoms with van der Waals surface area (Å²) < 4.78 is 0. The van der Waals surface area contributed by atoms with E-state index in [0.717, 1.165) is 0 Å². The van der Waals surface area contributed by atoms with E-state index in [0.29, 0.717) is 31.0 Å². The van der Waals surface area contributed by atoms with Gasteiger partial charge in [0, 0.05) is 0 Å². The van der Waals surface area contributed by atoms with Gasteiger partial charge < -0.3 is 20.9 Å². The van der Waals surface area contributed by atoms with E-state index in [1.54, 1.807) is 0 Å². The lowest BCUT2D eigenvalue weighted by Crippen LogP contribution is -2.52. The first-order valence-electron chi connectivity index (χ1n) is 6.24. The Labute approximate surface area is 100 Å². The minimum absolute atomic E-state index is 0.0127. The molecule has 17 heavy (non-hydrogen) atoms. The third-order valence-electron chi connectivity index (χ3n) is 5.54. The van der Waals surface area contributed by atoms with Crippen LogP contribution in [0.1, 0.15) is 19.8 Å². The topological polar surface area (TPSA) is 104 Å². The fraction of sp³-hybridized carbons (Fsp3) is 0.909. The lowest BCUT2D eigenvalue weighted by atomic mass is 9.78. The van der Waals surface area contributed by atoms with Crippen LogP contribution in [0.15, 0.2) is 0 Å². The molecule has 0 aromatic rings. The summed E-state index contributed by atoms with van der Waals surface area (Å²) in [6, 6.07) is 0. The van der Waals surface area contributed by atoms with Gasteiger partial charge in [-0.25, -0.2) is 0 Å². The third kappa shape index (κ3) is 1.14. The summed E-state index contributed by atoms with van der Waals surface area (Å²) in [4.78, 5) is 11.4. The first-order valence-corrected chi connectivity index (χ1v) is 6.24. The molecule has 0 aliphatic heterocycles. The van der Waals surface area contributed by atoms with Crippen molar-refractivity contribution in [3.63, 3.8) is 0 Å². The van der Waals surface area contributed by atoms with Crippen LogP contribution in [-0.4, -0.2) is 33.8 Å². The Balaban J connectivity index is 1.70. The number of nitrogens with two attached hydrogens (primary N) is 1. The molecular formula is C11H18BNO4. The molecule has 6 heteroatoms. The highest BCUT2D eigenvalue weighted by Crippen LogP contribution is 2.94. The standard InChI is InChI=1S/C11H18BNO4/c1-10-6-5(3-2-4-12(16)17)11(13,9(14)15)8(10)7(6)10/h5-8,16-17H,2-4,13H2,1H3,(H,14,15)/t5-,6?,7-,8+,10-,11-/m1/s1. The number of hydrogen-bond donors (Lipinski definition) is 4. The molecule has 0 radical (unpaired) electrons. The molecule has 4 rings (SSSR count). The Morgan fingerprint density at radius 2 is 2.00 bits per heavy atom. The fourth-order valence-corrected chi connectivity index (χ4v) is 4.72. The zero-order valence-corrected chi connectivity index (χ0v) is 9.84. The van der Waals surface area contributed by atoms with Gasteiger partial charge in [0.15, 0.2) is 0 Å². The molecular weight excluding hydrogens is 221 g/mol. The molecule has 6 atom stereocenters. The molecule has 5 nitrogen and oxygen atoms in total. The van der Waals surface area contributed by atoms with Crippen LogP contribution in [0.3, 0.4) is 0 Å². The van der Waals surface area contributed by atoms with E-state index in [9.17, 15) is 9.90 Å². The number of rotatable bonds is 5. The van der Waals surface area contributed by atoms with Crippen LogP contribution in [-0.2, 0) is 4.79 Å². The molecule has 0 saturated heterocycles. The average Bonchev–Trinajstić information content (AvgIpc) is 2.92. The van der Waals surface area contributed by atoms with Gasteiger partial charge in [0.25, 0.3) is 0 Å². The van der Waals surface area contributed by atoms with E-state index in [2.05, 4.69) is 6.92 Å². The molecule has 94 valence electrons. The van der Waals surface area contributed by atoms with E-state index in [1.807, 2.05) is 0 Å². The summed E-state index contributed by atoms with van der Waals surface area (Å²) in [6.45, 7) is 2.14. The van der Waals surface area contributed by atoms with Gasteiger partial charge in [-0.05, 0) is 41.8 Å². The van der Waals surface area contributed by atoms with Crippen LogP contribution >= 0.6 is 0 Å². The van der Waals surface area contributed by atoms with Gasteiger partial charge in [-0.2, -0.15) is 0 Å². The Kier molecular flexibility index (Phi) is 2.06. The summed E-state index contributed by atoms with van der Waals surface area (Å²) in [5.41, 5.74) is 5.25. The van der Waals surface area contributed by atoms with Gasteiger partial charge in [-0.1, -0.05) is 13.3 Å². The summed E-state index contributed by atoms with van der Waals surface area (Å²) in [5.74, 6) is 0.267. The molecule has 4 aliphatic rings. The van der Waals surface area contributed by atoms with Gasteiger partial charge >= 0.3 is 13.1 Å². The molecule has 0 spiro atoms. The van der Waals surface area contributed by atoms with Crippen LogP contribution in [0.2, 0.25) is 6.32 Å². The Morgan fingerprint density at radius 1 is 1.41 bits per heavy atom. The number of aliphatic carboxylic acids is 1. The Morgan fingerprint density at radius 3 is 2.47 bits per heavy atom. The third-order valence-corrected chi connectivity index (χ3v) is 5.54. The number of hydrogen-bond acceptors (Lipinski definition) is 4. The first-order chi connectivity index (χ1) is 7.86. The van der Waals surface area contributed by atoms with E-state index in [4.69, 9.17) is 15.8 Å². The summed E-state index contributed by atoms with van der Waals surface area (Å²) in [6.07, 6.45) is 1.61. The largest absolute Gasteiger partial charge is 0.480 e. The van der Waals surface area contributed by atoms with Crippen molar-refractivity contribution in [2.75, 3.05) is 0 Å². The van der Waals surface area contributed by atoms with Crippen molar-refractivity contribution in [3.8, 4) is 0 Å². The lowest BCUT2D eigenvalue weighted by molar-refractivity contribution is -0.145. The van der Waals surface area contributed by atoms with Crippen LogP contribution in [0.25, 0.3) is 0 Å². The average molecular weight is 239 g/mol. The number of carboxylic acid groups (broad SMARTS) is 1. The molecule has 0 aromatic carbocycles. The van der Waals surface area contributed by atoms with Crippen LogP contribution < -0.4 is 5.73 Å². The highest BCUT2D eigenvalue weighted by atomic mass is 16.4. The molecule has 2 bridgehead atoms. The Bertz CT molecular complexity index is 390. The monoisotopic (exact) mass is 239 g/mol. The highest BCUT2D eigenvalue weighted by molar-refractivity contribution is 6.40. The second-order valence-electron chi connectivity index (χ2n) is 6.15. The summed E-state index contributed by atoms with van der Waals surface area (Å²) >= 11 is 0. The number of fused-ring (bicyclic) bond motifs is 1. The predicted molar refractivity (Wildman–Crippen MR) is 60.9 cm³/mol. The number of carboxylic acids is 1. The van der Waals surface area contributed by atoms with E-state index >= 15 is 0 Å². The van der Waals surface area contributed by atoms with Crippen molar-refractivity contribution in [3.05, 3.63) is 0 Å². The van der Waals surface area contributed by atoms with E-state index < -0.39 is 18.6 Å². The van der Waals surface area contributed by atoms with Crippen molar-refractivity contribution in [1.29, 1.82) is 0 Å². The second-order valence-corrected chi connectivity index (χ2v) is 6.15. The quantitative estimate of drug-likeness (QED) is 0.486. The maximum absolute atomic E-state index is 11.4. The molecule has 4 saturated carbocycles. The van der Waals surface area contributed by atoms with Crippen molar-refractivity contribution in [1.82, 2.24) is 0 Å². The summed E-state index contributed by atoms with van der Waals surface area (Å²) in [7, 11) is -1.30. The van der Waals surface area contributed by atoms with Gasteiger partial charge in [0.2, 0.25) is 0 Å². The van der Waals surface area contributed by atoms with Crippen molar-refractivity contribution >= 4 is 13.1 Å². The van der Waals surface area contributed by atoms with Gasteiger partial charge in [0.1, 0.15) is 5.54 Å². The van der Waals surface area contributed by atoms with Crippen molar-refractivity contribution in [2.45, 2.75) is 31.6 Å². The molecule has 0 aromatic heterocycles. The van der Waals surface area contributed by atoms with Gasteiger partial charge in [-0.15, -0.1) is 0 Å². The molecule has 0 heterocycles. The van der Waals surface area contributed by atoms with Gasteiger partial charge in [0.05, 0.1) is 0 Å². The molecule has 0 amide bonds. The molecule has 4 aliphatic carbocycles. The van der Waals surface area contributed by atoms with E-state index in [-0.39, 0.29) is 17.3 Å². The minimum Gasteiger partial charge on any atom is -0.480 e. The smallest absolute Gasteiger partial charge is 0.451 e. The maximum Gasteiger partial charge on any atom is 0.451 e. The normalized spacial score (nSPS) is 53.2. The molecule has 1 unspecified atom stereocenters. The SMILES string of the molecule is C[C@]12C3[C@@H](CCCB(O)O)[C@](N)(C(=O)O)[C@H]1[C@@H]32. The lowest BCUT2D eigenvalue weighted by Gasteiger charge is -2.26. The van der Waals surface area contributed by atoms with Crippen LogP contribution in [0.5, 0.6) is 0 Å². The summed E-state index contributed by atoms with van der Waals surface area (Å²) in [5, 5.41) is 27.0. The zero-order valence-electron chi connectivity index (χ0n) is 9.84. The van der Waals surface area contributed by atoms with Crippen molar-refractivity contribution in [2.24, 2.45) is 34.8 Å². The highest BCUT2D eigenvalue weighted by Gasteiger charge is 2.96. The zero-order chi connectivity index (χ0) is 12.6. The van der Waals surface area contributed by atoms with Gasteiger partial charge in [-0.3, -0.25) is 4.79 Å². The minimum atomic E-state index is -1.30. The second kappa shape index (κ2) is 3.05. The van der Waals surface area contributed by atoms with Crippen LogP contribution in [0.4, 0.5) is 0 Å². The fourth-order valence-electron chi connectivity index (χ4n) is 4.72. The number of carbonyl (C=O) groups is 1. The van der Waals surface area contributed by atoms with E-state index in [1.165, 1.54) is 0 Å².